The molecule has 0 unspecified atom stereocenters. The number of alkyl halides is 3. The topological polar surface area (TPSA) is 92.7 Å². The zero-order chi connectivity index (χ0) is 17.4. The predicted octanol–water partition coefficient (Wildman–Crippen LogP) is 2.93. The Bertz CT molecular complexity index is 806. The van der Waals surface area contributed by atoms with E-state index in [-0.39, 0.29) is 11.9 Å². The van der Waals surface area contributed by atoms with Crippen molar-refractivity contribution in [2.75, 3.05) is 4.72 Å². The Hall–Kier alpha value is -2.04. The predicted molar refractivity (Wildman–Crippen MR) is 78.7 cm³/mol. The SMILES string of the molecule is O=S(=O)(Nc1ccn(C2CCCCC2)n1)c1cn[nH]c1C(F)(F)F. The van der Waals surface area contributed by atoms with E-state index in [0.717, 1.165) is 32.1 Å². The molecule has 0 spiro atoms. The average Bonchev–Trinajstić information content (AvgIpc) is 3.16. The van der Waals surface area contributed by atoms with Crippen LogP contribution in [0.25, 0.3) is 0 Å². The minimum absolute atomic E-state index is 0.0186. The molecule has 2 aromatic rings. The number of sulfonamides is 1. The Morgan fingerprint density at radius 2 is 1.96 bits per heavy atom. The van der Waals surface area contributed by atoms with Crippen LogP contribution in [0.3, 0.4) is 0 Å². The van der Waals surface area contributed by atoms with E-state index in [1.165, 1.54) is 6.07 Å². The van der Waals surface area contributed by atoms with Gasteiger partial charge in [-0.05, 0) is 12.8 Å². The molecule has 1 aliphatic rings. The number of nitrogens with zero attached hydrogens (tertiary/aromatic N) is 3. The van der Waals surface area contributed by atoms with Crippen LogP contribution in [0.1, 0.15) is 43.8 Å². The van der Waals surface area contributed by atoms with Crippen molar-refractivity contribution in [1.82, 2.24) is 20.0 Å². The molecule has 1 fully saturated rings. The van der Waals surface area contributed by atoms with Gasteiger partial charge in [0.25, 0.3) is 10.0 Å². The molecule has 7 nitrogen and oxygen atoms in total. The number of hydrogen-bond acceptors (Lipinski definition) is 4. The molecule has 2 aromatic heterocycles. The quantitative estimate of drug-likeness (QED) is 0.873. The molecule has 0 saturated heterocycles. The Balaban J connectivity index is 1.80. The lowest BCUT2D eigenvalue weighted by Gasteiger charge is -2.21. The molecule has 0 bridgehead atoms. The molecule has 0 amide bonds. The lowest BCUT2D eigenvalue weighted by molar-refractivity contribution is -0.143. The van der Waals surface area contributed by atoms with Crippen molar-refractivity contribution >= 4 is 15.8 Å². The maximum Gasteiger partial charge on any atom is 0.434 e. The Kier molecular flexibility index (Phi) is 4.28. The van der Waals surface area contributed by atoms with Gasteiger partial charge in [-0.15, -0.1) is 0 Å². The van der Waals surface area contributed by atoms with Crippen molar-refractivity contribution in [1.29, 1.82) is 0 Å². The Morgan fingerprint density at radius 1 is 1.25 bits per heavy atom. The van der Waals surface area contributed by atoms with Gasteiger partial charge in [0.05, 0.1) is 12.2 Å². The van der Waals surface area contributed by atoms with Gasteiger partial charge in [-0.3, -0.25) is 14.5 Å². The molecule has 1 saturated carbocycles. The van der Waals surface area contributed by atoms with Gasteiger partial charge in [-0.1, -0.05) is 19.3 Å². The average molecular weight is 363 g/mol. The zero-order valence-corrected chi connectivity index (χ0v) is 13.4. The van der Waals surface area contributed by atoms with Gasteiger partial charge in [0.1, 0.15) is 4.90 Å². The van der Waals surface area contributed by atoms with Crippen LogP contribution in [0, 0.1) is 0 Å². The van der Waals surface area contributed by atoms with E-state index in [2.05, 4.69) is 14.9 Å². The van der Waals surface area contributed by atoms with E-state index in [4.69, 9.17) is 0 Å². The molecular formula is C13H16F3N5O2S. The highest BCUT2D eigenvalue weighted by Gasteiger charge is 2.39. The van der Waals surface area contributed by atoms with E-state index in [1.807, 2.05) is 0 Å². The third kappa shape index (κ3) is 3.40. The van der Waals surface area contributed by atoms with Crippen LogP contribution in [-0.2, 0) is 16.2 Å². The maximum absolute atomic E-state index is 12.8. The van der Waals surface area contributed by atoms with E-state index in [1.54, 1.807) is 16.0 Å². The molecule has 3 rings (SSSR count). The number of aromatic nitrogens is 4. The van der Waals surface area contributed by atoms with Crippen LogP contribution in [0.2, 0.25) is 0 Å². The summed E-state index contributed by atoms with van der Waals surface area (Å²) in [4.78, 5) is -0.956. The normalized spacial score (nSPS) is 17.1. The zero-order valence-electron chi connectivity index (χ0n) is 12.5. The largest absolute Gasteiger partial charge is 0.434 e. The minimum atomic E-state index is -4.85. The highest BCUT2D eigenvalue weighted by Crippen LogP contribution is 2.33. The summed E-state index contributed by atoms with van der Waals surface area (Å²) in [5, 5.41) is 9.00. The lowest BCUT2D eigenvalue weighted by atomic mass is 9.96. The fourth-order valence-corrected chi connectivity index (χ4v) is 3.93. The van der Waals surface area contributed by atoms with Crippen molar-refractivity contribution in [2.24, 2.45) is 0 Å². The number of anilines is 1. The van der Waals surface area contributed by atoms with Crippen LogP contribution in [0.5, 0.6) is 0 Å². The molecule has 132 valence electrons. The monoisotopic (exact) mass is 363 g/mol. The summed E-state index contributed by atoms with van der Waals surface area (Å²) in [5.41, 5.74) is -1.42. The first kappa shape index (κ1) is 16.8. The summed E-state index contributed by atoms with van der Waals surface area (Å²) in [5.74, 6) is -0.0186. The molecule has 24 heavy (non-hydrogen) atoms. The number of nitrogens with one attached hydrogen (secondary N) is 2. The second-order valence-corrected chi connectivity index (χ2v) is 7.34. The molecule has 2 heterocycles. The third-order valence-corrected chi connectivity index (χ3v) is 5.34. The Labute approximate surface area is 136 Å². The molecule has 0 radical (unpaired) electrons. The number of hydrogen-bond donors (Lipinski definition) is 2. The second kappa shape index (κ2) is 6.11. The summed E-state index contributed by atoms with van der Waals surface area (Å²) in [6.07, 6.45) is 2.64. The summed E-state index contributed by atoms with van der Waals surface area (Å²) in [7, 11) is -4.44. The van der Waals surface area contributed by atoms with Crippen molar-refractivity contribution in [3.8, 4) is 0 Å². The number of H-pyrrole nitrogens is 1. The van der Waals surface area contributed by atoms with E-state index >= 15 is 0 Å². The standard InChI is InChI=1S/C13H16F3N5O2S/c14-13(15,16)12-10(8-17-18-12)24(22,23)20-11-6-7-21(19-11)9-4-2-1-3-5-9/h6-9H,1-5H2,(H,17,18)(H,19,20). The third-order valence-electron chi connectivity index (χ3n) is 3.97. The van der Waals surface area contributed by atoms with Crippen LogP contribution >= 0.6 is 0 Å². The molecule has 0 aromatic carbocycles. The molecule has 0 aliphatic heterocycles. The first-order valence-corrected chi connectivity index (χ1v) is 8.94. The number of aromatic amines is 1. The highest BCUT2D eigenvalue weighted by molar-refractivity contribution is 7.92. The first-order valence-electron chi connectivity index (χ1n) is 7.46. The summed E-state index contributed by atoms with van der Waals surface area (Å²) in [6, 6.07) is 1.62. The molecule has 11 heteroatoms. The Morgan fingerprint density at radius 3 is 2.62 bits per heavy atom. The van der Waals surface area contributed by atoms with Crippen LogP contribution in [0.4, 0.5) is 19.0 Å². The number of halogens is 3. The summed E-state index contributed by atoms with van der Waals surface area (Å²) in [6.45, 7) is 0. The van der Waals surface area contributed by atoms with Gasteiger partial charge in [-0.25, -0.2) is 8.42 Å². The van der Waals surface area contributed by atoms with Crippen molar-refractivity contribution in [3.63, 3.8) is 0 Å². The molecular weight excluding hydrogens is 347 g/mol. The van der Waals surface area contributed by atoms with Gasteiger partial charge in [0.15, 0.2) is 11.5 Å². The van der Waals surface area contributed by atoms with Gasteiger partial charge in [0.2, 0.25) is 0 Å². The van der Waals surface area contributed by atoms with Crippen molar-refractivity contribution in [2.45, 2.75) is 49.2 Å². The second-order valence-electron chi connectivity index (χ2n) is 5.69. The van der Waals surface area contributed by atoms with Crippen molar-refractivity contribution in [3.05, 3.63) is 24.2 Å². The highest BCUT2D eigenvalue weighted by atomic mass is 32.2. The van der Waals surface area contributed by atoms with E-state index < -0.39 is 26.8 Å². The fraction of sp³-hybridized carbons (Fsp3) is 0.538. The lowest BCUT2D eigenvalue weighted by Crippen LogP contribution is -2.19. The number of rotatable bonds is 4. The van der Waals surface area contributed by atoms with Gasteiger partial charge in [0, 0.05) is 12.3 Å². The fourth-order valence-electron chi connectivity index (χ4n) is 2.82. The molecule has 0 atom stereocenters. The van der Waals surface area contributed by atoms with E-state index in [9.17, 15) is 21.6 Å². The van der Waals surface area contributed by atoms with Gasteiger partial charge >= 0.3 is 6.18 Å². The summed E-state index contributed by atoms with van der Waals surface area (Å²) < 4.78 is 66.6. The van der Waals surface area contributed by atoms with Crippen LogP contribution < -0.4 is 4.72 Å². The first-order chi connectivity index (χ1) is 11.3. The van der Waals surface area contributed by atoms with Gasteiger partial charge < -0.3 is 0 Å². The van der Waals surface area contributed by atoms with Crippen LogP contribution in [-0.4, -0.2) is 28.4 Å². The minimum Gasteiger partial charge on any atom is -0.272 e. The maximum atomic E-state index is 12.8. The molecule has 2 N–H and O–H groups in total. The van der Waals surface area contributed by atoms with Crippen LogP contribution in [0.15, 0.2) is 23.4 Å². The van der Waals surface area contributed by atoms with Gasteiger partial charge in [-0.2, -0.15) is 23.4 Å². The van der Waals surface area contributed by atoms with Crippen molar-refractivity contribution < 1.29 is 21.6 Å². The van der Waals surface area contributed by atoms with E-state index in [0.29, 0.717) is 6.20 Å². The smallest absolute Gasteiger partial charge is 0.272 e. The molecule has 1 aliphatic carbocycles. The summed E-state index contributed by atoms with van der Waals surface area (Å²) >= 11 is 0.